The molecule has 35 heavy (non-hydrogen) atoms. The van der Waals surface area contributed by atoms with Crippen molar-refractivity contribution in [3.05, 3.63) is 35.9 Å². The number of hydrogen-bond donors (Lipinski definition) is 3. The summed E-state index contributed by atoms with van der Waals surface area (Å²) in [6, 6.07) is 6.87. The number of nitrogens with zero attached hydrogens (tertiary/aromatic N) is 1. The van der Waals surface area contributed by atoms with Gasteiger partial charge in [0.05, 0.1) is 17.9 Å². The van der Waals surface area contributed by atoms with Crippen molar-refractivity contribution in [1.29, 1.82) is 0 Å². The van der Waals surface area contributed by atoms with Gasteiger partial charge in [-0.15, -0.1) is 0 Å². The molecule has 1 aliphatic heterocycles. The van der Waals surface area contributed by atoms with Gasteiger partial charge < -0.3 is 25.4 Å². The van der Waals surface area contributed by atoms with Gasteiger partial charge in [-0.1, -0.05) is 57.0 Å². The second-order valence-corrected chi connectivity index (χ2v) is 9.89. The van der Waals surface area contributed by atoms with Gasteiger partial charge >= 0.3 is 5.97 Å². The molecule has 3 amide bonds. The molecule has 9 nitrogen and oxygen atoms in total. The number of hydrogen-bond acceptors (Lipinski definition) is 5. The molecule has 3 N–H and O–H groups in total. The average molecular weight is 486 g/mol. The fraction of sp³-hybridized carbons (Fsp3) is 0.577. The summed E-state index contributed by atoms with van der Waals surface area (Å²) in [5, 5.41) is 14.4. The number of nitrogens with one attached hydrogen (secondary N) is 2. The Morgan fingerprint density at radius 3 is 2.31 bits per heavy atom. The Morgan fingerprint density at radius 2 is 1.74 bits per heavy atom. The van der Waals surface area contributed by atoms with Crippen LogP contribution in [0, 0.1) is 5.92 Å². The first-order valence-electron chi connectivity index (χ1n) is 12.3. The van der Waals surface area contributed by atoms with Gasteiger partial charge in [-0.05, 0) is 37.2 Å². The number of benzene rings is 1. The molecule has 2 fully saturated rings. The van der Waals surface area contributed by atoms with Crippen LogP contribution in [0.25, 0.3) is 0 Å². The standard InChI is InChI=1S/C26H35N3O6/c1-17(2)22(28-25(35)26(12-6-7-13-26)18-9-4-3-5-10-18)24(34)29-14-8-11-20(29)23(33)27-19(16-30)15-21(31)32/h3-5,9-10,16-17,19-20,22H,6-8,11-15H2,1-2H3,(H,27,33)(H,28,35)(H,31,32)/t19-,20-,22-/m0/s1. The van der Waals surface area contributed by atoms with Crippen LogP contribution < -0.4 is 10.6 Å². The van der Waals surface area contributed by atoms with E-state index in [4.69, 9.17) is 5.11 Å². The first-order chi connectivity index (χ1) is 16.7. The third-order valence-electron chi connectivity index (χ3n) is 7.16. The van der Waals surface area contributed by atoms with Gasteiger partial charge in [-0.2, -0.15) is 0 Å². The molecule has 3 atom stereocenters. The summed E-state index contributed by atoms with van der Waals surface area (Å²) >= 11 is 0. The zero-order valence-electron chi connectivity index (χ0n) is 20.4. The molecular formula is C26H35N3O6. The van der Waals surface area contributed by atoms with Crippen LogP contribution in [0.5, 0.6) is 0 Å². The Kier molecular flexibility index (Phi) is 8.64. The minimum absolute atomic E-state index is 0.170. The number of rotatable bonds is 10. The highest BCUT2D eigenvalue weighted by atomic mass is 16.4. The fourth-order valence-corrected chi connectivity index (χ4v) is 5.26. The normalized spacial score (nSPS) is 20.8. The first-order valence-corrected chi connectivity index (χ1v) is 12.3. The number of carboxylic acid groups (broad SMARTS) is 1. The Balaban J connectivity index is 1.76. The molecule has 1 heterocycles. The summed E-state index contributed by atoms with van der Waals surface area (Å²) in [7, 11) is 0. The molecule has 190 valence electrons. The molecule has 1 aliphatic carbocycles. The van der Waals surface area contributed by atoms with Crippen LogP contribution in [0.4, 0.5) is 0 Å². The number of carbonyl (C=O) groups is 5. The molecule has 1 aromatic rings. The predicted octanol–water partition coefficient (Wildman–Crippen LogP) is 1.79. The summed E-state index contributed by atoms with van der Waals surface area (Å²) in [5.41, 5.74) is 0.270. The first kappa shape index (κ1) is 26.4. The second-order valence-electron chi connectivity index (χ2n) is 9.89. The summed E-state index contributed by atoms with van der Waals surface area (Å²) in [6.07, 6.45) is 4.16. The number of amides is 3. The minimum atomic E-state index is -1.21. The van der Waals surface area contributed by atoms with Crippen LogP contribution in [-0.4, -0.2) is 64.7 Å². The molecule has 3 rings (SSSR count). The van der Waals surface area contributed by atoms with E-state index in [0.29, 0.717) is 38.5 Å². The summed E-state index contributed by atoms with van der Waals surface area (Å²) in [6.45, 7) is 4.06. The largest absolute Gasteiger partial charge is 0.481 e. The van der Waals surface area contributed by atoms with Gasteiger partial charge in [0.1, 0.15) is 18.4 Å². The lowest BCUT2D eigenvalue weighted by molar-refractivity contribution is -0.144. The lowest BCUT2D eigenvalue weighted by atomic mass is 9.77. The highest BCUT2D eigenvalue weighted by Crippen LogP contribution is 2.41. The van der Waals surface area contributed by atoms with Crippen molar-refractivity contribution >= 4 is 30.0 Å². The van der Waals surface area contributed by atoms with E-state index in [0.717, 1.165) is 18.4 Å². The Labute approximate surface area is 205 Å². The molecule has 1 saturated carbocycles. The highest BCUT2D eigenvalue weighted by molar-refractivity contribution is 5.96. The fourth-order valence-electron chi connectivity index (χ4n) is 5.26. The van der Waals surface area contributed by atoms with Crippen molar-refractivity contribution in [2.24, 2.45) is 5.92 Å². The maximum absolute atomic E-state index is 13.6. The van der Waals surface area contributed by atoms with Gasteiger partial charge in [-0.25, -0.2) is 0 Å². The molecular weight excluding hydrogens is 450 g/mol. The van der Waals surface area contributed by atoms with E-state index in [1.807, 2.05) is 44.2 Å². The molecule has 2 aliphatic rings. The molecule has 0 bridgehead atoms. The minimum Gasteiger partial charge on any atom is -0.481 e. The Hall–Kier alpha value is -3.23. The number of aldehydes is 1. The van der Waals surface area contributed by atoms with Crippen molar-refractivity contribution in [3.63, 3.8) is 0 Å². The van der Waals surface area contributed by atoms with Crippen LogP contribution in [0.15, 0.2) is 30.3 Å². The quantitative estimate of drug-likeness (QED) is 0.433. The van der Waals surface area contributed by atoms with E-state index in [1.165, 1.54) is 4.90 Å². The topological polar surface area (TPSA) is 133 Å². The number of aliphatic carboxylic acids is 1. The summed E-state index contributed by atoms with van der Waals surface area (Å²) in [5.74, 6) is -2.48. The lowest BCUT2D eigenvalue weighted by Gasteiger charge is -2.34. The monoisotopic (exact) mass is 485 g/mol. The number of carboxylic acids is 1. The summed E-state index contributed by atoms with van der Waals surface area (Å²) in [4.78, 5) is 63.6. The van der Waals surface area contributed by atoms with Crippen molar-refractivity contribution < 1.29 is 29.1 Å². The maximum atomic E-state index is 13.6. The van der Waals surface area contributed by atoms with Crippen LogP contribution in [0.1, 0.15) is 64.4 Å². The predicted molar refractivity (Wildman–Crippen MR) is 128 cm³/mol. The van der Waals surface area contributed by atoms with E-state index in [-0.39, 0.29) is 17.7 Å². The molecule has 0 radical (unpaired) electrons. The zero-order valence-corrected chi connectivity index (χ0v) is 20.4. The highest BCUT2D eigenvalue weighted by Gasteiger charge is 2.45. The molecule has 1 aromatic carbocycles. The molecule has 0 aromatic heterocycles. The average Bonchev–Trinajstić information content (AvgIpc) is 3.52. The summed E-state index contributed by atoms with van der Waals surface area (Å²) < 4.78 is 0. The third-order valence-corrected chi connectivity index (χ3v) is 7.16. The van der Waals surface area contributed by atoms with Crippen molar-refractivity contribution in [2.75, 3.05) is 6.54 Å². The van der Waals surface area contributed by atoms with Gasteiger partial charge in [0.25, 0.3) is 0 Å². The second kappa shape index (κ2) is 11.5. The molecule has 1 saturated heterocycles. The van der Waals surface area contributed by atoms with E-state index < -0.39 is 41.8 Å². The van der Waals surface area contributed by atoms with Crippen LogP contribution in [0.3, 0.4) is 0 Å². The molecule has 0 unspecified atom stereocenters. The van der Waals surface area contributed by atoms with Gasteiger partial charge in [0, 0.05) is 6.54 Å². The number of likely N-dealkylation sites (tertiary alicyclic amines) is 1. The van der Waals surface area contributed by atoms with Gasteiger partial charge in [0.2, 0.25) is 17.7 Å². The van der Waals surface area contributed by atoms with E-state index >= 15 is 0 Å². The van der Waals surface area contributed by atoms with Crippen LogP contribution >= 0.6 is 0 Å². The SMILES string of the molecule is CC(C)[C@H](NC(=O)C1(c2ccccc2)CCCC1)C(=O)N1CCC[C@H]1C(=O)N[C@H](C=O)CC(=O)O. The molecule has 9 heteroatoms. The van der Waals surface area contributed by atoms with E-state index in [1.54, 1.807) is 0 Å². The lowest BCUT2D eigenvalue weighted by Crippen LogP contribution is -2.58. The van der Waals surface area contributed by atoms with Crippen molar-refractivity contribution in [3.8, 4) is 0 Å². The smallest absolute Gasteiger partial charge is 0.305 e. The van der Waals surface area contributed by atoms with Crippen LogP contribution in [0.2, 0.25) is 0 Å². The molecule has 0 spiro atoms. The van der Waals surface area contributed by atoms with Crippen molar-refractivity contribution in [1.82, 2.24) is 15.5 Å². The van der Waals surface area contributed by atoms with E-state index in [2.05, 4.69) is 10.6 Å². The van der Waals surface area contributed by atoms with Crippen LogP contribution in [-0.2, 0) is 29.4 Å². The zero-order chi connectivity index (χ0) is 25.6. The maximum Gasteiger partial charge on any atom is 0.305 e. The van der Waals surface area contributed by atoms with Gasteiger partial charge in [0.15, 0.2) is 0 Å². The Bertz CT molecular complexity index is 942. The van der Waals surface area contributed by atoms with E-state index in [9.17, 15) is 24.0 Å². The number of carbonyl (C=O) groups excluding carboxylic acids is 4. The van der Waals surface area contributed by atoms with Crippen molar-refractivity contribution in [2.45, 2.75) is 82.3 Å². The van der Waals surface area contributed by atoms with Gasteiger partial charge in [-0.3, -0.25) is 19.2 Å². The Morgan fingerprint density at radius 1 is 1.09 bits per heavy atom. The third kappa shape index (κ3) is 5.89.